The van der Waals surface area contributed by atoms with Gasteiger partial charge in [-0.15, -0.1) is 0 Å². The molecule has 0 radical (unpaired) electrons. The summed E-state index contributed by atoms with van der Waals surface area (Å²) >= 11 is 0. The number of hydrogen-bond acceptors (Lipinski definition) is 5. The molecule has 0 aromatic carbocycles. The minimum Gasteiger partial charge on any atom is -0.394 e. The topological polar surface area (TPSA) is 79.2 Å². The van der Waals surface area contributed by atoms with Crippen molar-refractivity contribution in [3.8, 4) is 0 Å². The molecule has 3 N–H and O–H groups in total. The van der Waals surface area contributed by atoms with Gasteiger partial charge >= 0.3 is 0 Å². The van der Waals surface area contributed by atoms with E-state index in [1.807, 2.05) is 0 Å². The molecule has 1 rings (SSSR count). The van der Waals surface area contributed by atoms with E-state index in [0.29, 0.717) is 6.61 Å². The van der Waals surface area contributed by atoms with Gasteiger partial charge in [-0.05, 0) is 19.3 Å². The Balaban J connectivity index is 2.03. The number of aliphatic hydroxyl groups excluding tert-OH is 3. The number of hydrogen-bond donors (Lipinski definition) is 3. The van der Waals surface area contributed by atoms with Crippen molar-refractivity contribution < 1.29 is 24.8 Å². The summed E-state index contributed by atoms with van der Waals surface area (Å²) in [6, 6.07) is 0. The third kappa shape index (κ3) is 7.20. The molecule has 0 amide bonds. The van der Waals surface area contributed by atoms with Gasteiger partial charge in [-0.1, -0.05) is 44.8 Å². The van der Waals surface area contributed by atoms with Crippen molar-refractivity contribution in [2.75, 3.05) is 19.8 Å². The Morgan fingerprint density at radius 2 is 1.91 bits per heavy atom. The van der Waals surface area contributed by atoms with Crippen LogP contribution in [-0.4, -0.2) is 59.6 Å². The quantitative estimate of drug-likeness (QED) is 0.378. The van der Waals surface area contributed by atoms with E-state index in [9.17, 15) is 10.2 Å². The van der Waals surface area contributed by atoms with Crippen LogP contribution in [0.1, 0.15) is 51.9 Å². The van der Waals surface area contributed by atoms with Gasteiger partial charge in [-0.3, -0.25) is 0 Å². The molecule has 0 aromatic rings. The second-order valence-corrected chi connectivity index (χ2v) is 5.91. The molecule has 1 heterocycles. The highest BCUT2D eigenvalue weighted by atomic mass is 16.6. The Morgan fingerprint density at radius 1 is 1.18 bits per heavy atom. The highest BCUT2D eigenvalue weighted by molar-refractivity contribution is 4.89. The first kappa shape index (κ1) is 19.6. The summed E-state index contributed by atoms with van der Waals surface area (Å²) in [6.07, 6.45) is 9.58. The zero-order valence-corrected chi connectivity index (χ0v) is 13.7. The number of rotatable bonds is 12. The van der Waals surface area contributed by atoms with Crippen molar-refractivity contribution in [2.45, 2.75) is 76.3 Å². The Hall–Kier alpha value is -0.460. The van der Waals surface area contributed by atoms with Crippen LogP contribution in [0.25, 0.3) is 0 Å². The van der Waals surface area contributed by atoms with Gasteiger partial charge in [0.1, 0.15) is 24.4 Å². The normalized spacial score (nSPS) is 26.8. The lowest BCUT2D eigenvalue weighted by molar-refractivity contribution is -0.0726. The molecule has 0 bridgehead atoms. The number of aliphatic hydroxyl groups is 3. The Labute approximate surface area is 133 Å². The third-order valence-corrected chi connectivity index (χ3v) is 3.99. The lowest BCUT2D eigenvalue weighted by atomic mass is 10.1. The predicted octanol–water partition coefficient (Wildman–Crippen LogP) is 1.79. The van der Waals surface area contributed by atoms with Crippen molar-refractivity contribution in [3.63, 3.8) is 0 Å². The van der Waals surface area contributed by atoms with Crippen LogP contribution in [0.4, 0.5) is 0 Å². The largest absolute Gasteiger partial charge is 0.394 e. The van der Waals surface area contributed by atoms with Gasteiger partial charge in [0.25, 0.3) is 0 Å². The minimum absolute atomic E-state index is 0.254. The van der Waals surface area contributed by atoms with Crippen LogP contribution in [0, 0.1) is 0 Å². The fourth-order valence-electron chi connectivity index (χ4n) is 2.59. The summed E-state index contributed by atoms with van der Waals surface area (Å²) in [5.74, 6) is 0. The molecule has 130 valence electrons. The van der Waals surface area contributed by atoms with Crippen LogP contribution >= 0.6 is 0 Å². The number of allylic oxidation sites excluding steroid dienone is 1. The minimum atomic E-state index is -1.06. The first-order valence-corrected chi connectivity index (χ1v) is 8.55. The van der Waals surface area contributed by atoms with Gasteiger partial charge in [0, 0.05) is 0 Å². The average Bonchev–Trinajstić information content (AvgIpc) is 2.89. The average molecular weight is 316 g/mol. The first-order chi connectivity index (χ1) is 10.7. The molecule has 0 aliphatic carbocycles. The smallest absolute Gasteiger partial charge is 0.114 e. The van der Waals surface area contributed by atoms with Crippen molar-refractivity contribution in [3.05, 3.63) is 12.2 Å². The SMILES string of the molecule is CCCCCCC/C=C/CCO[C@@H]1CO[C@H]([C@@H](O)CO)[C@@H]1O. The van der Waals surface area contributed by atoms with E-state index in [-0.39, 0.29) is 6.61 Å². The molecule has 0 aromatic heterocycles. The molecule has 4 atom stereocenters. The van der Waals surface area contributed by atoms with Crippen LogP contribution in [0.5, 0.6) is 0 Å². The number of unbranched alkanes of at least 4 members (excludes halogenated alkanes) is 5. The van der Waals surface area contributed by atoms with E-state index < -0.39 is 31.0 Å². The summed E-state index contributed by atoms with van der Waals surface area (Å²) in [5, 5.41) is 28.3. The van der Waals surface area contributed by atoms with Gasteiger partial charge < -0.3 is 24.8 Å². The Kier molecular flexibility index (Phi) is 10.7. The zero-order valence-electron chi connectivity index (χ0n) is 13.7. The zero-order chi connectivity index (χ0) is 16.2. The van der Waals surface area contributed by atoms with E-state index in [2.05, 4.69) is 19.1 Å². The maximum absolute atomic E-state index is 9.95. The molecule has 1 aliphatic rings. The summed E-state index contributed by atoms with van der Waals surface area (Å²) in [6.45, 7) is 2.58. The molecule has 0 spiro atoms. The van der Waals surface area contributed by atoms with Crippen molar-refractivity contribution in [1.29, 1.82) is 0 Å². The molecule has 1 aliphatic heterocycles. The monoisotopic (exact) mass is 316 g/mol. The van der Waals surface area contributed by atoms with E-state index in [4.69, 9.17) is 14.6 Å². The maximum atomic E-state index is 9.95. The Morgan fingerprint density at radius 3 is 2.64 bits per heavy atom. The fraction of sp³-hybridized carbons (Fsp3) is 0.882. The lowest BCUT2D eigenvalue weighted by Crippen LogP contribution is -2.41. The summed E-state index contributed by atoms with van der Waals surface area (Å²) < 4.78 is 10.9. The molecule has 5 heteroatoms. The lowest BCUT2D eigenvalue weighted by Gasteiger charge is -2.20. The molecule has 0 unspecified atom stereocenters. The van der Waals surface area contributed by atoms with E-state index in [0.717, 1.165) is 12.8 Å². The first-order valence-electron chi connectivity index (χ1n) is 8.55. The standard InChI is InChI=1S/C17H32O5/c1-2-3-4-5-6-7-8-9-10-11-21-15-13-22-17(16(15)20)14(19)12-18/h8-9,14-20H,2-7,10-13H2,1H3/b9-8+/t14-,15+,16+,17+/m0/s1. The predicted molar refractivity (Wildman–Crippen MR) is 85.7 cm³/mol. The van der Waals surface area contributed by atoms with Gasteiger partial charge in [0.2, 0.25) is 0 Å². The molecule has 1 saturated heterocycles. The molecule has 22 heavy (non-hydrogen) atoms. The molecule has 5 nitrogen and oxygen atoms in total. The summed E-state index contributed by atoms with van der Waals surface area (Å²) in [5.41, 5.74) is 0. The van der Waals surface area contributed by atoms with Crippen LogP contribution in [0.3, 0.4) is 0 Å². The van der Waals surface area contributed by atoms with Crippen LogP contribution < -0.4 is 0 Å². The van der Waals surface area contributed by atoms with Gasteiger partial charge in [0.15, 0.2) is 0 Å². The van der Waals surface area contributed by atoms with Crippen LogP contribution in [0.2, 0.25) is 0 Å². The Bertz CT molecular complexity index is 295. The van der Waals surface area contributed by atoms with Crippen molar-refractivity contribution in [2.24, 2.45) is 0 Å². The van der Waals surface area contributed by atoms with Gasteiger partial charge in [-0.2, -0.15) is 0 Å². The fourth-order valence-corrected chi connectivity index (χ4v) is 2.59. The van der Waals surface area contributed by atoms with Gasteiger partial charge in [0.05, 0.1) is 19.8 Å². The molecule has 0 saturated carbocycles. The van der Waals surface area contributed by atoms with E-state index in [1.165, 1.54) is 32.1 Å². The highest BCUT2D eigenvalue weighted by Gasteiger charge is 2.40. The molecular formula is C17H32O5. The van der Waals surface area contributed by atoms with Gasteiger partial charge in [-0.25, -0.2) is 0 Å². The van der Waals surface area contributed by atoms with Crippen molar-refractivity contribution >= 4 is 0 Å². The third-order valence-electron chi connectivity index (χ3n) is 3.99. The second kappa shape index (κ2) is 12.0. The number of ether oxygens (including phenoxy) is 2. The second-order valence-electron chi connectivity index (χ2n) is 5.91. The van der Waals surface area contributed by atoms with Crippen molar-refractivity contribution in [1.82, 2.24) is 0 Å². The maximum Gasteiger partial charge on any atom is 0.114 e. The van der Waals surface area contributed by atoms with Crippen LogP contribution in [-0.2, 0) is 9.47 Å². The van der Waals surface area contributed by atoms with Crippen LogP contribution in [0.15, 0.2) is 12.2 Å². The molecular weight excluding hydrogens is 284 g/mol. The summed E-state index contributed by atoms with van der Waals surface area (Å²) in [4.78, 5) is 0. The van der Waals surface area contributed by atoms with E-state index in [1.54, 1.807) is 0 Å². The van der Waals surface area contributed by atoms with E-state index >= 15 is 0 Å². The molecule has 1 fully saturated rings. The summed E-state index contributed by atoms with van der Waals surface area (Å²) in [7, 11) is 0. The highest BCUT2D eigenvalue weighted by Crippen LogP contribution is 2.20.